The molecule has 0 aliphatic carbocycles. The molecule has 3 rings (SSSR count). The summed E-state index contributed by atoms with van der Waals surface area (Å²) in [4.78, 5) is 16.5. The number of nitrogens with one attached hydrogen (secondary N) is 2. The highest BCUT2D eigenvalue weighted by Gasteiger charge is 2.08. The van der Waals surface area contributed by atoms with Gasteiger partial charge in [-0.2, -0.15) is 0 Å². The maximum atomic E-state index is 12.1. The van der Waals surface area contributed by atoms with Crippen LogP contribution in [0.25, 0.3) is 5.57 Å². The van der Waals surface area contributed by atoms with E-state index < -0.39 is 0 Å². The fourth-order valence-corrected chi connectivity index (χ4v) is 2.98. The molecule has 0 unspecified atom stereocenters. The van der Waals surface area contributed by atoms with Crippen molar-refractivity contribution in [2.24, 2.45) is 7.05 Å². The maximum absolute atomic E-state index is 12.1. The van der Waals surface area contributed by atoms with Crippen molar-refractivity contribution in [2.75, 3.05) is 18.4 Å². The Morgan fingerprint density at radius 1 is 1.41 bits per heavy atom. The smallest absolute Gasteiger partial charge is 0.274 e. The van der Waals surface area contributed by atoms with Crippen LogP contribution in [0.5, 0.6) is 0 Å². The lowest BCUT2D eigenvalue weighted by atomic mass is 10.0. The molecule has 1 aliphatic rings. The molecule has 0 saturated carbocycles. The van der Waals surface area contributed by atoms with Crippen LogP contribution in [0.3, 0.4) is 0 Å². The second-order valence-corrected chi connectivity index (χ2v) is 6.14. The van der Waals surface area contributed by atoms with Crippen molar-refractivity contribution in [3.8, 4) is 0 Å². The number of anilines is 2. The molecule has 3 heterocycles. The fraction of sp³-hybridized carbons (Fsp3) is 0.250. The summed E-state index contributed by atoms with van der Waals surface area (Å²) in [6, 6.07) is 5.70. The van der Waals surface area contributed by atoms with Crippen molar-refractivity contribution in [1.29, 1.82) is 0 Å². The van der Waals surface area contributed by atoms with Gasteiger partial charge in [0.15, 0.2) is 0 Å². The van der Waals surface area contributed by atoms with Crippen LogP contribution < -0.4 is 16.2 Å². The SMILES string of the molecule is Cn1cc(Br)cc(Nc2ccc(C3=CCNCC3)cn2)c1=O. The highest BCUT2D eigenvalue weighted by molar-refractivity contribution is 9.10. The summed E-state index contributed by atoms with van der Waals surface area (Å²) >= 11 is 3.39. The summed E-state index contributed by atoms with van der Waals surface area (Å²) in [5, 5.41) is 6.37. The first-order valence-corrected chi connectivity index (χ1v) is 7.92. The van der Waals surface area contributed by atoms with Crippen molar-refractivity contribution in [3.05, 3.63) is 57.1 Å². The molecule has 0 fully saturated rings. The van der Waals surface area contributed by atoms with Crippen LogP contribution >= 0.6 is 15.9 Å². The van der Waals surface area contributed by atoms with E-state index in [4.69, 9.17) is 0 Å². The molecule has 0 atom stereocenters. The second kappa shape index (κ2) is 6.46. The highest BCUT2D eigenvalue weighted by Crippen LogP contribution is 2.21. The molecule has 5 nitrogen and oxygen atoms in total. The van der Waals surface area contributed by atoms with Gasteiger partial charge in [0.05, 0.1) is 0 Å². The normalized spacial score (nSPS) is 14.5. The zero-order valence-corrected chi connectivity index (χ0v) is 13.9. The number of pyridine rings is 2. The van der Waals surface area contributed by atoms with Gasteiger partial charge in [0.25, 0.3) is 5.56 Å². The lowest BCUT2D eigenvalue weighted by molar-refractivity contribution is 0.738. The third-order valence-electron chi connectivity index (χ3n) is 3.61. The van der Waals surface area contributed by atoms with Crippen LogP contribution in [-0.2, 0) is 7.05 Å². The fourth-order valence-electron chi connectivity index (χ4n) is 2.44. The van der Waals surface area contributed by atoms with Crippen molar-refractivity contribution in [1.82, 2.24) is 14.9 Å². The Hall–Kier alpha value is -1.92. The molecular formula is C16H17BrN4O. The molecule has 0 spiro atoms. The predicted octanol–water partition coefficient (Wildman–Crippen LogP) is 2.66. The molecule has 0 saturated heterocycles. The average molecular weight is 361 g/mol. The van der Waals surface area contributed by atoms with Gasteiger partial charge < -0.3 is 15.2 Å². The number of aromatic nitrogens is 2. The first-order chi connectivity index (χ1) is 10.6. The molecule has 0 radical (unpaired) electrons. The Labute approximate surface area is 137 Å². The molecule has 114 valence electrons. The first-order valence-electron chi connectivity index (χ1n) is 7.13. The molecule has 0 aromatic carbocycles. The van der Waals surface area contributed by atoms with Crippen molar-refractivity contribution in [2.45, 2.75) is 6.42 Å². The van der Waals surface area contributed by atoms with Gasteiger partial charge in [0.2, 0.25) is 0 Å². The van der Waals surface area contributed by atoms with Gasteiger partial charge >= 0.3 is 0 Å². The monoisotopic (exact) mass is 360 g/mol. The molecular weight excluding hydrogens is 344 g/mol. The van der Waals surface area contributed by atoms with E-state index in [1.54, 1.807) is 19.3 Å². The minimum atomic E-state index is -0.0878. The minimum absolute atomic E-state index is 0.0878. The van der Waals surface area contributed by atoms with Crippen LogP contribution in [0.15, 0.2) is 45.9 Å². The minimum Gasteiger partial charge on any atom is -0.336 e. The van der Waals surface area contributed by atoms with E-state index >= 15 is 0 Å². The molecule has 6 heteroatoms. The van der Waals surface area contributed by atoms with E-state index in [0.717, 1.165) is 29.5 Å². The quantitative estimate of drug-likeness (QED) is 0.883. The van der Waals surface area contributed by atoms with Crippen LogP contribution in [0.1, 0.15) is 12.0 Å². The number of rotatable bonds is 3. The van der Waals surface area contributed by atoms with Gasteiger partial charge in [-0.15, -0.1) is 0 Å². The summed E-state index contributed by atoms with van der Waals surface area (Å²) in [7, 11) is 1.72. The summed E-state index contributed by atoms with van der Waals surface area (Å²) in [6.45, 7) is 1.91. The Kier molecular flexibility index (Phi) is 4.40. The molecule has 1 aliphatic heterocycles. The van der Waals surface area contributed by atoms with E-state index in [1.165, 1.54) is 10.1 Å². The van der Waals surface area contributed by atoms with Gasteiger partial charge in [-0.05, 0) is 58.2 Å². The van der Waals surface area contributed by atoms with Crippen LogP contribution in [0, 0.1) is 0 Å². The number of nitrogens with zero attached hydrogens (tertiary/aromatic N) is 2. The summed E-state index contributed by atoms with van der Waals surface area (Å²) in [5.41, 5.74) is 2.86. The number of hydrogen-bond acceptors (Lipinski definition) is 4. The molecule has 0 amide bonds. The van der Waals surface area contributed by atoms with E-state index in [1.807, 2.05) is 18.3 Å². The van der Waals surface area contributed by atoms with E-state index in [-0.39, 0.29) is 5.56 Å². The third kappa shape index (κ3) is 3.28. The number of aryl methyl sites for hydroxylation is 1. The van der Waals surface area contributed by atoms with E-state index in [9.17, 15) is 4.79 Å². The van der Waals surface area contributed by atoms with Crippen molar-refractivity contribution >= 4 is 33.0 Å². The topological polar surface area (TPSA) is 59.0 Å². The first kappa shape index (κ1) is 15.0. The van der Waals surface area contributed by atoms with E-state index in [0.29, 0.717) is 11.5 Å². The van der Waals surface area contributed by atoms with Gasteiger partial charge in [-0.3, -0.25) is 4.79 Å². The highest BCUT2D eigenvalue weighted by atomic mass is 79.9. The zero-order chi connectivity index (χ0) is 15.5. The molecule has 0 bridgehead atoms. The van der Waals surface area contributed by atoms with Crippen LogP contribution in [-0.4, -0.2) is 22.6 Å². The van der Waals surface area contributed by atoms with Gasteiger partial charge in [-0.25, -0.2) is 4.98 Å². The summed E-state index contributed by atoms with van der Waals surface area (Å²) in [6.07, 6.45) is 6.79. The predicted molar refractivity (Wildman–Crippen MR) is 92.4 cm³/mol. The number of halogens is 1. The van der Waals surface area contributed by atoms with E-state index in [2.05, 4.69) is 37.6 Å². The standard InChI is InChI=1S/C16H17BrN4O/c1-21-10-13(17)8-14(16(21)22)20-15-3-2-12(9-19-15)11-4-6-18-7-5-11/h2-4,8-10,18H,5-7H2,1H3,(H,19,20). The van der Waals surface area contributed by atoms with Gasteiger partial charge in [0, 0.05) is 30.5 Å². The van der Waals surface area contributed by atoms with Crippen LogP contribution in [0.2, 0.25) is 0 Å². The maximum Gasteiger partial charge on any atom is 0.274 e. The summed E-state index contributed by atoms with van der Waals surface area (Å²) < 4.78 is 2.37. The second-order valence-electron chi connectivity index (χ2n) is 5.23. The average Bonchev–Trinajstić information content (AvgIpc) is 2.54. The van der Waals surface area contributed by atoms with Crippen LogP contribution in [0.4, 0.5) is 11.5 Å². The van der Waals surface area contributed by atoms with Gasteiger partial charge in [-0.1, -0.05) is 6.08 Å². The van der Waals surface area contributed by atoms with Crippen molar-refractivity contribution in [3.63, 3.8) is 0 Å². The van der Waals surface area contributed by atoms with Crippen molar-refractivity contribution < 1.29 is 0 Å². The zero-order valence-electron chi connectivity index (χ0n) is 12.3. The lowest BCUT2D eigenvalue weighted by Gasteiger charge is -2.14. The largest absolute Gasteiger partial charge is 0.336 e. The lowest BCUT2D eigenvalue weighted by Crippen LogP contribution is -2.20. The molecule has 2 aromatic rings. The Balaban J connectivity index is 1.82. The molecule has 2 aromatic heterocycles. The Bertz CT molecular complexity index is 765. The molecule has 22 heavy (non-hydrogen) atoms. The Morgan fingerprint density at radius 2 is 2.27 bits per heavy atom. The number of hydrogen-bond donors (Lipinski definition) is 2. The third-order valence-corrected chi connectivity index (χ3v) is 4.04. The Morgan fingerprint density at radius 3 is 2.95 bits per heavy atom. The molecule has 2 N–H and O–H groups in total. The summed E-state index contributed by atoms with van der Waals surface area (Å²) in [5.74, 6) is 0.661. The van der Waals surface area contributed by atoms with Gasteiger partial charge in [0.1, 0.15) is 11.5 Å².